The molecular weight excluding hydrogens is 306 g/mol. The van der Waals surface area contributed by atoms with Crippen LogP contribution >= 0.6 is 0 Å². The van der Waals surface area contributed by atoms with Crippen molar-refractivity contribution in [1.29, 1.82) is 0 Å². The molecule has 4 fully saturated rings. The van der Waals surface area contributed by atoms with Gasteiger partial charge in [0.15, 0.2) is 5.78 Å². The molecule has 0 amide bonds. The van der Waals surface area contributed by atoms with Crippen molar-refractivity contribution in [2.45, 2.75) is 52.4 Å². The molecule has 4 aliphatic carbocycles. The number of nitrogens with zero attached hydrogens (tertiary/aromatic N) is 1. The molecule has 0 radical (unpaired) electrons. The normalized spacial score (nSPS) is 33.1. The molecule has 2 heteroatoms. The molecule has 1 aromatic rings. The molecule has 0 spiro atoms. The zero-order valence-electron chi connectivity index (χ0n) is 15.7. The van der Waals surface area contributed by atoms with Gasteiger partial charge in [0.2, 0.25) is 0 Å². The highest BCUT2D eigenvalue weighted by molar-refractivity contribution is 5.98. The third-order valence-electron chi connectivity index (χ3n) is 7.01. The van der Waals surface area contributed by atoms with Crippen LogP contribution in [0, 0.1) is 23.2 Å². The Morgan fingerprint density at radius 1 is 1.00 bits per heavy atom. The molecule has 0 aromatic heterocycles. The van der Waals surface area contributed by atoms with Gasteiger partial charge in [-0.1, -0.05) is 18.2 Å². The number of rotatable bonds is 6. The van der Waals surface area contributed by atoms with Crippen molar-refractivity contribution in [2.24, 2.45) is 23.2 Å². The maximum absolute atomic E-state index is 13.0. The monoisotopic (exact) mass is 337 g/mol. The van der Waals surface area contributed by atoms with Crippen LogP contribution in [0.1, 0.15) is 57.9 Å². The van der Waals surface area contributed by atoms with E-state index in [1.54, 1.807) is 0 Å². The standard InChI is InChI=1S/C23H31NO/c1-3-24(4-2)21-8-5-17(6-9-21)7-10-22(25)23-14-18-11-19(15-23)13-20(12-18)16-23/h5-10,18-20H,3-4,11-16H2,1-2H3/b10-7+. The van der Waals surface area contributed by atoms with Gasteiger partial charge in [0.1, 0.15) is 0 Å². The Balaban J connectivity index is 1.46. The molecule has 25 heavy (non-hydrogen) atoms. The number of benzene rings is 1. The molecule has 0 heterocycles. The van der Waals surface area contributed by atoms with Gasteiger partial charge in [0, 0.05) is 24.2 Å². The molecule has 134 valence electrons. The number of hydrogen-bond donors (Lipinski definition) is 0. The van der Waals surface area contributed by atoms with Crippen molar-refractivity contribution >= 4 is 17.5 Å². The van der Waals surface area contributed by atoms with Gasteiger partial charge in [0.25, 0.3) is 0 Å². The molecule has 4 saturated carbocycles. The van der Waals surface area contributed by atoms with Gasteiger partial charge in [-0.05, 0) is 93.9 Å². The topological polar surface area (TPSA) is 20.3 Å². The summed E-state index contributed by atoms with van der Waals surface area (Å²) >= 11 is 0. The Morgan fingerprint density at radius 2 is 1.52 bits per heavy atom. The highest BCUT2D eigenvalue weighted by Gasteiger charge is 2.53. The zero-order valence-corrected chi connectivity index (χ0v) is 15.7. The summed E-state index contributed by atoms with van der Waals surface area (Å²) in [5.41, 5.74) is 2.38. The van der Waals surface area contributed by atoms with Crippen LogP contribution in [0.2, 0.25) is 0 Å². The Hall–Kier alpha value is -1.57. The number of hydrogen-bond acceptors (Lipinski definition) is 2. The molecule has 0 saturated heterocycles. The SMILES string of the molecule is CCN(CC)c1ccc(/C=C/C(=O)C23CC4CC(CC(C4)C2)C3)cc1. The third-order valence-corrected chi connectivity index (χ3v) is 7.01. The van der Waals surface area contributed by atoms with Crippen LogP contribution in [0.4, 0.5) is 5.69 Å². The van der Waals surface area contributed by atoms with Crippen LogP contribution in [0.3, 0.4) is 0 Å². The van der Waals surface area contributed by atoms with Crippen LogP contribution in [0.5, 0.6) is 0 Å². The summed E-state index contributed by atoms with van der Waals surface area (Å²) in [6.45, 7) is 6.41. The van der Waals surface area contributed by atoms with Gasteiger partial charge in [-0.25, -0.2) is 0 Å². The van der Waals surface area contributed by atoms with Gasteiger partial charge < -0.3 is 4.90 Å². The average molecular weight is 338 g/mol. The van der Waals surface area contributed by atoms with Gasteiger partial charge in [-0.3, -0.25) is 4.79 Å². The van der Waals surface area contributed by atoms with Gasteiger partial charge in [-0.2, -0.15) is 0 Å². The highest BCUT2D eigenvalue weighted by atomic mass is 16.1. The van der Waals surface area contributed by atoms with Crippen molar-refractivity contribution in [3.8, 4) is 0 Å². The van der Waals surface area contributed by atoms with E-state index in [1.807, 2.05) is 12.2 Å². The van der Waals surface area contributed by atoms with Crippen molar-refractivity contribution in [3.63, 3.8) is 0 Å². The first-order valence-electron chi connectivity index (χ1n) is 10.2. The second-order valence-electron chi connectivity index (χ2n) is 8.66. The van der Waals surface area contributed by atoms with E-state index in [0.29, 0.717) is 5.78 Å². The van der Waals surface area contributed by atoms with Gasteiger partial charge in [0.05, 0.1) is 0 Å². The average Bonchev–Trinajstić information content (AvgIpc) is 2.60. The third kappa shape index (κ3) is 3.16. The van der Waals surface area contributed by atoms with Crippen molar-refractivity contribution < 1.29 is 4.79 Å². The minimum absolute atomic E-state index is 0.00753. The van der Waals surface area contributed by atoms with Crippen LogP contribution < -0.4 is 4.90 Å². The molecule has 4 bridgehead atoms. The fraction of sp³-hybridized carbons (Fsp3) is 0.609. The van der Waals surface area contributed by atoms with E-state index >= 15 is 0 Å². The number of allylic oxidation sites excluding steroid dienone is 1. The first-order valence-corrected chi connectivity index (χ1v) is 10.2. The van der Waals surface area contributed by atoms with E-state index in [9.17, 15) is 4.79 Å². The lowest BCUT2D eigenvalue weighted by molar-refractivity contribution is -0.138. The quantitative estimate of drug-likeness (QED) is 0.654. The van der Waals surface area contributed by atoms with E-state index in [0.717, 1.165) is 55.7 Å². The maximum atomic E-state index is 13.0. The minimum Gasteiger partial charge on any atom is -0.372 e. The molecular formula is C23H31NO. The smallest absolute Gasteiger partial charge is 0.161 e. The summed E-state index contributed by atoms with van der Waals surface area (Å²) < 4.78 is 0. The van der Waals surface area contributed by atoms with E-state index in [1.165, 1.54) is 24.9 Å². The first kappa shape index (κ1) is 16.9. The molecule has 0 aliphatic heterocycles. The van der Waals surface area contributed by atoms with Crippen LogP contribution in [-0.2, 0) is 4.79 Å². The fourth-order valence-electron chi connectivity index (χ4n) is 6.15. The summed E-state index contributed by atoms with van der Waals surface area (Å²) in [6.07, 6.45) is 11.6. The van der Waals surface area contributed by atoms with Crippen molar-refractivity contribution in [2.75, 3.05) is 18.0 Å². The summed E-state index contributed by atoms with van der Waals surface area (Å²) in [5.74, 6) is 2.89. The Labute approximate surface area is 152 Å². The van der Waals surface area contributed by atoms with Crippen molar-refractivity contribution in [3.05, 3.63) is 35.9 Å². The highest BCUT2D eigenvalue weighted by Crippen LogP contribution is 2.60. The van der Waals surface area contributed by atoms with Crippen LogP contribution in [0.25, 0.3) is 6.08 Å². The minimum atomic E-state index is -0.00753. The van der Waals surface area contributed by atoms with E-state index in [-0.39, 0.29) is 5.41 Å². The predicted molar refractivity (Wildman–Crippen MR) is 105 cm³/mol. The number of anilines is 1. The van der Waals surface area contributed by atoms with Gasteiger partial charge in [-0.15, -0.1) is 0 Å². The van der Waals surface area contributed by atoms with E-state index in [4.69, 9.17) is 0 Å². The molecule has 5 rings (SSSR count). The van der Waals surface area contributed by atoms with Crippen molar-refractivity contribution in [1.82, 2.24) is 0 Å². The summed E-state index contributed by atoms with van der Waals surface area (Å²) in [7, 11) is 0. The summed E-state index contributed by atoms with van der Waals surface area (Å²) in [4.78, 5) is 15.4. The van der Waals surface area contributed by atoms with E-state index in [2.05, 4.69) is 43.0 Å². The zero-order chi connectivity index (χ0) is 17.4. The predicted octanol–water partition coefficient (Wildman–Crippen LogP) is 5.33. The number of ketones is 1. The number of carbonyl (C=O) groups excluding carboxylic acids is 1. The van der Waals surface area contributed by atoms with Gasteiger partial charge >= 0.3 is 0 Å². The maximum Gasteiger partial charge on any atom is 0.161 e. The van der Waals surface area contributed by atoms with E-state index < -0.39 is 0 Å². The lowest BCUT2D eigenvalue weighted by atomic mass is 9.48. The Bertz CT molecular complexity index is 618. The molecule has 0 atom stereocenters. The van der Waals surface area contributed by atoms with Crippen LogP contribution in [-0.4, -0.2) is 18.9 Å². The lowest BCUT2D eigenvalue weighted by Crippen LogP contribution is -2.49. The molecule has 0 unspecified atom stereocenters. The Kier molecular flexibility index (Phi) is 4.47. The summed E-state index contributed by atoms with van der Waals surface area (Å²) in [5, 5.41) is 0. The second-order valence-corrected chi connectivity index (χ2v) is 8.66. The number of carbonyl (C=O) groups is 1. The largest absolute Gasteiger partial charge is 0.372 e. The Morgan fingerprint density at radius 3 is 2.00 bits per heavy atom. The first-order chi connectivity index (χ1) is 12.1. The summed E-state index contributed by atoms with van der Waals surface area (Å²) in [6, 6.07) is 8.61. The molecule has 4 aliphatic rings. The molecule has 0 N–H and O–H groups in total. The lowest BCUT2D eigenvalue weighted by Gasteiger charge is -2.55. The molecule has 2 nitrogen and oxygen atoms in total. The molecule has 1 aromatic carbocycles. The fourth-order valence-corrected chi connectivity index (χ4v) is 6.15. The second kappa shape index (κ2) is 6.63. The van der Waals surface area contributed by atoms with Crippen LogP contribution in [0.15, 0.2) is 30.3 Å².